The summed E-state index contributed by atoms with van der Waals surface area (Å²) in [4.78, 5) is 11.8. The Labute approximate surface area is 131 Å². The summed E-state index contributed by atoms with van der Waals surface area (Å²) in [5, 5.41) is 17.1. The molecule has 1 aromatic carbocycles. The van der Waals surface area contributed by atoms with Crippen LogP contribution in [0.15, 0.2) is 28.8 Å². The zero-order chi connectivity index (χ0) is 15.4. The van der Waals surface area contributed by atoms with E-state index in [9.17, 15) is 9.90 Å². The van der Waals surface area contributed by atoms with Crippen LogP contribution in [-0.2, 0) is 11.2 Å². The number of rotatable bonds is 5. The number of aliphatic hydroxyl groups is 1. The molecule has 1 heterocycles. The highest BCUT2D eigenvalue weighted by Crippen LogP contribution is 2.29. The molecule has 0 fully saturated rings. The third-order valence-electron chi connectivity index (χ3n) is 2.84. The molecule has 5 nitrogen and oxygen atoms in total. The predicted molar refractivity (Wildman–Crippen MR) is 79.4 cm³/mol. The second-order valence-corrected chi connectivity index (χ2v) is 5.38. The standard InChI is InChI=1S/C14H14Cl2N2O3/c1-8-5-9(18-21-8)6-13(20)17-7-12(19)14-10(15)3-2-4-11(14)16/h2-5,12,19H,6-7H2,1H3,(H,17,20)/t12-/m0/s1. The van der Waals surface area contributed by atoms with E-state index in [1.54, 1.807) is 31.2 Å². The van der Waals surface area contributed by atoms with E-state index in [0.29, 0.717) is 27.1 Å². The topological polar surface area (TPSA) is 75.4 Å². The molecule has 2 aromatic rings. The van der Waals surface area contributed by atoms with Crippen LogP contribution in [0.4, 0.5) is 0 Å². The molecule has 112 valence electrons. The van der Waals surface area contributed by atoms with E-state index in [-0.39, 0.29) is 18.9 Å². The first kappa shape index (κ1) is 15.8. The molecule has 0 aliphatic carbocycles. The Morgan fingerprint density at radius 2 is 2.10 bits per heavy atom. The molecule has 2 rings (SSSR count). The van der Waals surface area contributed by atoms with Gasteiger partial charge in [0.25, 0.3) is 0 Å². The Balaban J connectivity index is 1.91. The molecule has 1 amide bonds. The fraction of sp³-hybridized carbons (Fsp3) is 0.286. The lowest BCUT2D eigenvalue weighted by molar-refractivity contribution is -0.121. The lowest BCUT2D eigenvalue weighted by Gasteiger charge is -2.15. The molecular weight excluding hydrogens is 315 g/mol. The molecule has 7 heteroatoms. The minimum Gasteiger partial charge on any atom is -0.386 e. The van der Waals surface area contributed by atoms with Gasteiger partial charge in [0, 0.05) is 28.2 Å². The third-order valence-corrected chi connectivity index (χ3v) is 3.50. The molecular formula is C14H14Cl2N2O3. The van der Waals surface area contributed by atoms with Crippen LogP contribution in [0.5, 0.6) is 0 Å². The summed E-state index contributed by atoms with van der Waals surface area (Å²) in [6, 6.07) is 6.63. The lowest BCUT2D eigenvalue weighted by atomic mass is 10.1. The number of aromatic nitrogens is 1. The first-order valence-corrected chi connectivity index (χ1v) is 7.04. The van der Waals surface area contributed by atoms with Crippen molar-refractivity contribution in [3.05, 3.63) is 51.3 Å². The van der Waals surface area contributed by atoms with Gasteiger partial charge in [-0.05, 0) is 19.1 Å². The minimum absolute atomic E-state index is 0.0130. The van der Waals surface area contributed by atoms with Gasteiger partial charge in [0.2, 0.25) is 5.91 Å². The number of hydrogen-bond acceptors (Lipinski definition) is 4. The zero-order valence-corrected chi connectivity index (χ0v) is 12.8. The number of halogens is 2. The van der Waals surface area contributed by atoms with Gasteiger partial charge in [-0.3, -0.25) is 4.79 Å². The summed E-state index contributed by atoms with van der Waals surface area (Å²) in [6.07, 6.45) is -0.894. The molecule has 0 saturated carbocycles. The number of amides is 1. The van der Waals surface area contributed by atoms with Crippen molar-refractivity contribution < 1.29 is 14.4 Å². The van der Waals surface area contributed by atoms with Crippen molar-refractivity contribution in [2.75, 3.05) is 6.54 Å². The molecule has 0 unspecified atom stereocenters. The van der Waals surface area contributed by atoms with Crippen LogP contribution >= 0.6 is 23.2 Å². The number of nitrogens with zero attached hydrogens (tertiary/aromatic N) is 1. The molecule has 0 bridgehead atoms. The van der Waals surface area contributed by atoms with Crippen LogP contribution in [0.3, 0.4) is 0 Å². The summed E-state index contributed by atoms with van der Waals surface area (Å²) >= 11 is 12.0. The maximum atomic E-state index is 11.8. The van der Waals surface area contributed by atoms with E-state index in [1.165, 1.54) is 0 Å². The Bertz CT molecular complexity index is 623. The molecule has 2 N–H and O–H groups in total. The SMILES string of the molecule is Cc1cc(CC(=O)NC[C@H](O)c2c(Cl)cccc2Cl)no1. The van der Waals surface area contributed by atoms with Crippen LogP contribution < -0.4 is 5.32 Å². The third kappa shape index (κ3) is 4.20. The molecule has 1 atom stereocenters. The average Bonchev–Trinajstić information content (AvgIpc) is 2.81. The molecule has 21 heavy (non-hydrogen) atoms. The van der Waals surface area contributed by atoms with Crippen molar-refractivity contribution in [1.82, 2.24) is 10.5 Å². The number of benzene rings is 1. The molecule has 0 radical (unpaired) electrons. The average molecular weight is 329 g/mol. The summed E-state index contributed by atoms with van der Waals surface area (Å²) < 4.78 is 4.88. The van der Waals surface area contributed by atoms with Crippen LogP contribution in [0.25, 0.3) is 0 Å². The van der Waals surface area contributed by atoms with Crippen LogP contribution in [0.2, 0.25) is 10.0 Å². The first-order chi connectivity index (χ1) is 9.97. The second-order valence-electron chi connectivity index (χ2n) is 4.56. The maximum Gasteiger partial charge on any atom is 0.226 e. The Morgan fingerprint density at radius 3 is 2.67 bits per heavy atom. The highest BCUT2D eigenvalue weighted by molar-refractivity contribution is 6.36. The Hall–Kier alpha value is -1.56. The first-order valence-electron chi connectivity index (χ1n) is 6.28. The van der Waals surface area contributed by atoms with Crippen LogP contribution in [-0.4, -0.2) is 22.7 Å². The van der Waals surface area contributed by atoms with E-state index in [4.69, 9.17) is 27.7 Å². The highest BCUT2D eigenvalue weighted by atomic mass is 35.5. The van der Waals surface area contributed by atoms with Gasteiger partial charge in [0.05, 0.1) is 18.2 Å². The van der Waals surface area contributed by atoms with Crippen molar-refractivity contribution in [3.63, 3.8) is 0 Å². The smallest absolute Gasteiger partial charge is 0.226 e. The summed E-state index contributed by atoms with van der Waals surface area (Å²) in [5.74, 6) is 0.367. The Kier molecular flexibility index (Phi) is 5.22. The van der Waals surface area contributed by atoms with Gasteiger partial charge in [0.1, 0.15) is 5.76 Å². The van der Waals surface area contributed by atoms with Crippen molar-refractivity contribution in [2.24, 2.45) is 0 Å². The predicted octanol–water partition coefficient (Wildman–Crippen LogP) is 2.68. The summed E-state index contributed by atoms with van der Waals surface area (Å²) in [7, 11) is 0. The fourth-order valence-electron chi connectivity index (χ4n) is 1.87. The summed E-state index contributed by atoms with van der Waals surface area (Å²) in [5.41, 5.74) is 0.939. The lowest BCUT2D eigenvalue weighted by Crippen LogP contribution is -2.30. The number of carbonyl (C=O) groups excluding carboxylic acids is 1. The number of aliphatic hydroxyl groups excluding tert-OH is 1. The van der Waals surface area contributed by atoms with Gasteiger partial charge in [-0.15, -0.1) is 0 Å². The van der Waals surface area contributed by atoms with E-state index in [0.717, 1.165) is 0 Å². The number of hydrogen-bond donors (Lipinski definition) is 2. The van der Waals surface area contributed by atoms with Crippen molar-refractivity contribution in [1.29, 1.82) is 0 Å². The van der Waals surface area contributed by atoms with Crippen molar-refractivity contribution in [2.45, 2.75) is 19.4 Å². The summed E-state index contributed by atoms with van der Waals surface area (Å²) in [6.45, 7) is 1.76. The monoisotopic (exact) mass is 328 g/mol. The van der Waals surface area contributed by atoms with Gasteiger partial charge in [-0.1, -0.05) is 34.4 Å². The van der Waals surface area contributed by atoms with E-state index < -0.39 is 6.10 Å². The van der Waals surface area contributed by atoms with Crippen LogP contribution in [0.1, 0.15) is 23.1 Å². The fourth-order valence-corrected chi connectivity index (χ4v) is 2.52. The quantitative estimate of drug-likeness (QED) is 0.884. The molecule has 0 aliphatic rings. The minimum atomic E-state index is -0.978. The molecule has 1 aromatic heterocycles. The Morgan fingerprint density at radius 1 is 1.43 bits per heavy atom. The number of carbonyl (C=O) groups is 1. The van der Waals surface area contributed by atoms with E-state index in [1.807, 2.05) is 0 Å². The largest absolute Gasteiger partial charge is 0.386 e. The molecule has 0 spiro atoms. The van der Waals surface area contributed by atoms with Gasteiger partial charge in [-0.2, -0.15) is 0 Å². The highest BCUT2D eigenvalue weighted by Gasteiger charge is 2.16. The number of nitrogens with one attached hydrogen (secondary N) is 1. The van der Waals surface area contributed by atoms with Gasteiger partial charge >= 0.3 is 0 Å². The zero-order valence-electron chi connectivity index (χ0n) is 11.3. The normalized spacial score (nSPS) is 12.2. The maximum absolute atomic E-state index is 11.8. The second kappa shape index (κ2) is 6.93. The van der Waals surface area contributed by atoms with Crippen molar-refractivity contribution >= 4 is 29.1 Å². The molecule has 0 saturated heterocycles. The van der Waals surface area contributed by atoms with E-state index >= 15 is 0 Å². The van der Waals surface area contributed by atoms with Gasteiger partial charge in [-0.25, -0.2) is 0 Å². The number of aryl methyl sites for hydroxylation is 1. The van der Waals surface area contributed by atoms with Gasteiger partial charge < -0.3 is 14.9 Å². The van der Waals surface area contributed by atoms with E-state index in [2.05, 4.69) is 10.5 Å². The molecule has 0 aliphatic heterocycles. The van der Waals surface area contributed by atoms with Crippen LogP contribution in [0, 0.1) is 6.92 Å². The van der Waals surface area contributed by atoms with Gasteiger partial charge in [0.15, 0.2) is 0 Å². The van der Waals surface area contributed by atoms with Crippen molar-refractivity contribution in [3.8, 4) is 0 Å².